The molecule has 2 aromatic carbocycles. The average Bonchev–Trinajstić information content (AvgIpc) is 2.53. The summed E-state index contributed by atoms with van der Waals surface area (Å²) < 4.78 is 17.9. The van der Waals surface area contributed by atoms with Crippen LogP contribution in [-0.2, 0) is 9.53 Å². The lowest BCUT2D eigenvalue weighted by Gasteiger charge is -2.13. The van der Waals surface area contributed by atoms with Crippen LogP contribution in [0.3, 0.4) is 0 Å². The highest BCUT2D eigenvalue weighted by atomic mass is 35.5. The fraction of sp³-hybridized carbons (Fsp3) is 0.222. The Labute approximate surface area is 144 Å². The number of halogens is 2. The molecule has 4 nitrogen and oxygen atoms in total. The number of nitrogens with one attached hydrogen (secondary N) is 1. The molecule has 0 spiro atoms. The van der Waals surface area contributed by atoms with Gasteiger partial charge in [0, 0.05) is 5.69 Å². The lowest BCUT2D eigenvalue weighted by Crippen LogP contribution is -2.21. The minimum Gasteiger partial charge on any atom is -0.452 e. The SMILES string of the molecule is CC(C)c1ccccc1NC(=O)COC(=O)c1ccc(F)cc1Cl. The molecule has 0 fully saturated rings. The van der Waals surface area contributed by atoms with Crippen LogP contribution < -0.4 is 5.32 Å². The predicted octanol–water partition coefficient (Wildman–Crippen LogP) is 4.40. The van der Waals surface area contributed by atoms with E-state index in [9.17, 15) is 14.0 Å². The van der Waals surface area contributed by atoms with Crippen LogP contribution in [-0.4, -0.2) is 18.5 Å². The van der Waals surface area contributed by atoms with Crippen LogP contribution >= 0.6 is 11.6 Å². The number of hydrogen-bond acceptors (Lipinski definition) is 3. The largest absolute Gasteiger partial charge is 0.452 e. The number of para-hydroxylation sites is 1. The molecule has 24 heavy (non-hydrogen) atoms. The van der Waals surface area contributed by atoms with Gasteiger partial charge in [-0.2, -0.15) is 0 Å². The molecular weight excluding hydrogens is 333 g/mol. The van der Waals surface area contributed by atoms with Crippen molar-refractivity contribution in [1.82, 2.24) is 0 Å². The quantitative estimate of drug-likeness (QED) is 0.814. The molecule has 126 valence electrons. The number of benzene rings is 2. The van der Waals surface area contributed by atoms with E-state index in [0.29, 0.717) is 5.69 Å². The molecule has 0 saturated carbocycles. The standard InChI is InChI=1S/C18H17ClFNO3/c1-11(2)13-5-3-4-6-16(13)21-17(22)10-24-18(23)14-8-7-12(20)9-15(14)19/h3-9,11H,10H2,1-2H3,(H,21,22). The maximum atomic E-state index is 13.0. The van der Waals surface area contributed by atoms with Gasteiger partial charge < -0.3 is 10.1 Å². The summed E-state index contributed by atoms with van der Waals surface area (Å²) in [6.45, 7) is 3.57. The van der Waals surface area contributed by atoms with Crippen molar-refractivity contribution in [3.63, 3.8) is 0 Å². The zero-order chi connectivity index (χ0) is 17.7. The first-order valence-electron chi connectivity index (χ1n) is 7.39. The minimum atomic E-state index is -0.785. The van der Waals surface area contributed by atoms with Gasteiger partial charge in [0.15, 0.2) is 6.61 Å². The van der Waals surface area contributed by atoms with Crippen molar-refractivity contribution >= 4 is 29.2 Å². The Bertz CT molecular complexity index is 762. The smallest absolute Gasteiger partial charge is 0.340 e. The molecule has 2 aromatic rings. The summed E-state index contributed by atoms with van der Waals surface area (Å²) in [5.74, 6) is -1.57. The van der Waals surface area contributed by atoms with Crippen molar-refractivity contribution in [2.45, 2.75) is 19.8 Å². The monoisotopic (exact) mass is 349 g/mol. The Morgan fingerprint density at radius 3 is 2.58 bits per heavy atom. The zero-order valence-corrected chi connectivity index (χ0v) is 14.1. The van der Waals surface area contributed by atoms with Crippen LogP contribution in [0.5, 0.6) is 0 Å². The minimum absolute atomic E-state index is 0.00782. The molecule has 0 aliphatic carbocycles. The van der Waals surface area contributed by atoms with E-state index in [4.69, 9.17) is 16.3 Å². The molecule has 0 aromatic heterocycles. The second kappa shape index (κ2) is 7.93. The van der Waals surface area contributed by atoms with Gasteiger partial charge >= 0.3 is 5.97 Å². The van der Waals surface area contributed by atoms with Crippen molar-refractivity contribution in [2.24, 2.45) is 0 Å². The third kappa shape index (κ3) is 4.55. The summed E-state index contributed by atoms with van der Waals surface area (Å²) in [6.07, 6.45) is 0. The zero-order valence-electron chi connectivity index (χ0n) is 13.3. The van der Waals surface area contributed by atoms with Crippen molar-refractivity contribution in [2.75, 3.05) is 11.9 Å². The van der Waals surface area contributed by atoms with Gasteiger partial charge in [0.1, 0.15) is 5.82 Å². The molecule has 0 aliphatic rings. The van der Waals surface area contributed by atoms with Gasteiger partial charge in [-0.05, 0) is 35.7 Å². The second-order valence-electron chi connectivity index (χ2n) is 5.49. The highest BCUT2D eigenvalue weighted by Crippen LogP contribution is 2.23. The first kappa shape index (κ1) is 17.9. The van der Waals surface area contributed by atoms with Crippen molar-refractivity contribution in [3.8, 4) is 0 Å². The second-order valence-corrected chi connectivity index (χ2v) is 5.90. The van der Waals surface area contributed by atoms with Crippen LogP contribution in [0.2, 0.25) is 5.02 Å². The molecule has 0 atom stereocenters. The van der Waals surface area contributed by atoms with Gasteiger partial charge in [0.25, 0.3) is 5.91 Å². The van der Waals surface area contributed by atoms with Gasteiger partial charge in [-0.3, -0.25) is 4.79 Å². The number of carbonyl (C=O) groups is 2. The number of hydrogen-bond donors (Lipinski definition) is 1. The van der Waals surface area contributed by atoms with E-state index in [1.807, 2.05) is 32.0 Å². The van der Waals surface area contributed by atoms with E-state index in [0.717, 1.165) is 17.7 Å². The first-order valence-corrected chi connectivity index (χ1v) is 7.77. The topological polar surface area (TPSA) is 55.4 Å². The lowest BCUT2D eigenvalue weighted by molar-refractivity contribution is -0.119. The number of esters is 1. The van der Waals surface area contributed by atoms with E-state index in [2.05, 4.69) is 5.32 Å². The maximum Gasteiger partial charge on any atom is 0.340 e. The molecule has 0 heterocycles. The Hall–Kier alpha value is -2.40. The van der Waals surface area contributed by atoms with Crippen LogP contribution in [0.15, 0.2) is 42.5 Å². The molecule has 0 bridgehead atoms. The lowest BCUT2D eigenvalue weighted by atomic mass is 10.0. The summed E-state index contributed by atoms with van der Waals surface area (Å²) in [7, 11) is 0. The van der Waals surface area contributed by atoms with Gasteiger partial charge in [0.05, 0.1) is 10.6 Å². The molecule has 2 rings (SSSR count). The highest BCUT2D eigenvalue weighted by Gasteiger charge is 2.15. The summed E-state index contributed by atoms with van der Waals surface area (Å²) in [5.41, 5.74) is 1.67. The van der Waals surface area contributed by atoms with Crippen LogP contribution in [0.1, 0.15) is 35.7 Å². The third-order valence-electron chi connectivity index (χ3n) is 3.34. The van der Waals surface area contributed by atoms with Crippen LogP contribution in [0.25, 0.3) is 0 Å². The number of carbonyl (C=O) groups excluding carboxylic acids is 2. The molecule has 0 aliphatic heterocycles. The van der Waals surface area contributed by atoms with E-state index >= 15 is 0 Å². The van der Waals surface area contributed by atoms with E-state index in [-0.39, 0.29) is 16.5 Å². The Balaban J connectivity index is 1.97. The normalized spacial score (nSPS) is 10.5. The fourth-order valence-corrected chi connectivity index (χ4v) is 2.41. The van der Waals surface area contributed by atoms with Gasteiger partial charge in [-0.25, -0.2) is 9.18 Å². The fourth-order valence-electron chi connectivity index (χ4n) is 2.16. The highest BCUT2D eigenvalue weighted by molar-refractivity contribution is 6.33. The molecule has 6 heteroatoms. The number of anilines is 1. The van der Waals surface area contributed by atoms with Crippen molar-refractivity contribution in [1.29, 1.82) is 0 Å². The molecular formula is C18H17ClFNO3. The predicted molar refractivity (Wildman–Crippen MR) is 90.9 cm³/mol. The molecule has 1 amide bonds. The number of ether oxygens (including phenoxy) is 1. The van der Waals surface area contributed by atoms with E-state index in [1.165, 1.54) is 6.07 Å². The van der Waals surface area contributed by atoms with E-state index < -0.39 is 24.3 Å². The summed E-state index contributed by atoms with van der Waals surface area (Å²) in [5, 5.41) is 2.65. The molecule has 0 saturated heterocycles. The molecule has 0 unspecified atom stereocenters. The summed E-state index contributed by atoms with van der Waals surface area (Å²) in [4.78, 5) is 23.9. The number of rotatable bonds is 5. The van der Waals surface area contributed by atoms with Crippen molar-refractivity contribution < 1.29 is 18.7 Å². The average molecular weight is 350 g/mol. The van der Waals surface area contributed by atoms with E-state index in [1.54, 1.807) is 6.07 Å². The maximum absolute atomic E-state index is 13.0. The Morgan fingerprint density at radius 2 is 1.92 bits per heavy atom. The Kier molecular flexibility index (Phi) is 5.93. The van der Waals surface area contributed by atoms with Crippen LogP contribution in [0.4, 0.5) is 10.1 Å². The van der Waals surface area contributed by atoms with Gasteiger partial charge in [-0.15, -0.1) is 0 Å². The number of amides is 1. The van der Waals surface area contributed by atoms with Crippen molar-refractivity contribution in [3.05, 3.63) is 64.4 Å². The first-order chi connectivity index (χ1) is 11.4. The van der Waals surface area contributed by atoms with Gasteiger partial charge in [0.2, 0.25) is 0 Å². The molecule has 1 N–H and O–H groups in total. The van der Waals surface area contributed by atoms with Gasteiger partial charge in [-0.1, -0.05) is 43.6 Å². The Morgan fingerprint density at radius 1 is 1.21 bits per heavy atom. The summed E-state index contributed by atoms with van der Waals surface area (Å²) in [6, 6.07) is 10.7. The van der Waals surface area contributed by atoms with Crippen LogP contribution in [0, 0.1) is 5.82 Å². The summed E-state index contributed by atoms with van der Waals surface area (Å²) >= 11 is 5.78. The third-order valence-corrected chi connectivity index (χ3v) is 3.65. The molecule has 0 radical (unpaired) electrons.